The largest absolute Gasteiger partial charge is 0.573 e. The smallest absolute Gasteiger partial charge is 0.485 e. The number of ether oxygens (including phenoxy) is 2. The average Bonchev–Trinajstić information content (AvgIpc) is 2.48. The van der Waals surface area contributed by atoms with Gasteiger partial charge in [0.25, 0.3) is 0 Å². The van der Waals surface area contributed by atoms with E-state index in [9.17, 15) is 17.6 Å². The average molecular weight is 412 g/mol. The normalized spacial score (nSPS) is 15.6. The Kier molecular flexibility index (Phi) is 6.60. The summed E-state index contributed by atoms with van der Waals surface area (Å²) in [5.41, 5.74) is 0.615. The van der Waals surface area contributed by atoms with E-state index >= 15 is 0 Å². The van der Waals surface area contributed by atoms with E-state index in [4.69, 9.17) is 16.3 Å². The molecule has 1 unspecified atom stereocenters. The van der Waals surface area contributed by atoms with E-state index in [1.807, 2.05) is 0 Å². The zero-order valence-electron chi connectivity index (χ0n) is 13.2. The van der Waals surface area contributed by atoms with Gasteiger partial charge in [-0.15, -0.1) is 25.6 Å². The highest BCUT2D eigenvalue weighted by Gasteiger charge is 2.32. The highest BCUT2D eigenvalue weighted by molar-refractivity contribution is 6.30. The summed E-state index contributed by atoms with van der Waals surface area (Å²) in [6.45, 7) is 1.40. The van der Waals surface area contributed by atoms with Gasteiger partial charge in [0.05, 0.1) is 5.02 Å². The molecule has 3 rings (SSSR count). The fourth-order valence-electron chi connectivity index (χ4n) is 2.52. The summed E-state index contributed by atoms with van der Waals surface area (Å²) in [6, 6.07) is 9.54. The van der Waals surface area contributed by atoms with Crippen LogP contribution in [0.25, 0.3) is 0 Å². The third-order valence-corrected chi connectivity index (χ3v) is 4.14. The van der Waals surface area contributed by atoms with Gasteiger partial charge in [0.15, 0.2) is 0 Å². The molecule has 1 fully saturated rings. The highest BCUT2D eigenvalue weighted by atomic mass is 35.5. The summed E-state index contributed by atoms with van der Waals surface area (Å²) >= 11 is 5.71. The van der Waals surface area contributed by atoms with Crippen LogP contribution in [-0.4, -0.2) is 19.5 Å². The molecular weight excluding hydrogens is 397 g/mol. The van der Waals surface area contributed by atoms with Crippen LogP contribution in [0.15, 0.2) is 42.5 Å². The van der Waals surface area contributed by atoms with Gasteiger partial charge >= 0.3 is 6.36 Å². The first-order valence-electron chi connectivity index (χ1n) is 7.50. The summed E-state index contributed by atoms with van der Waals surface area (Å²) in [5.74, 6) is -0.401. The lowest BCUT2D eigenvalue weighted by Crippen LogP contribution is -2.46. The second kappa shape index (κ2) is 8.33. The van der Waals surface area contributed by atoms with Crippen LogP contribution < -0.4 is 14.8 Å². The van der Waals surface area contributed by atoms with Crippen molar-refractivity contribution in [3.8, 4) is 11.5 Å². The molecule has 1 heterocycles. The van der Waals surface area contributed by atoms with Gasteiger partial charge in [-0.1, -0.05) is 17.7 Å². The van der Waals surface area contributed by atoms with Gasteiger partial charge in [-0.05, 0) is 42.0 Å². The van der Waals surface area contributed by atoms with Crippen LogP contribution in [0.1, 0.15) is 11.7 Å². The molecule has 0 radical (unpaired) electrons. The maximum absolute atomic E-state index is 13.7. The van der Waals surface area contributed by atoms with Gasteiger partial charge in [-0.3, -0.25) is 0 Å². The SMILES string of the molecule is Cl.Fc1cc(C(Oc2ccc(OC(F)(F)F)cc2)C2CNC2)ccc1Cl. The van der Waals surface area contributed by atoms with Crippen molar-refractivity contribution in [3.05, 3.63) is 58.9 Å². The second-order valence-corrected chi connectivity index (χ2v) is 6.06. The van der Waals surface area contributed by atoms with E-state index in [1.54, 1.807) is 6.07 Å². The molecule has 0 bridgehead atoms. The molecule has 1 atom stereocenters. The highest BCUT2D eigenvalue weighted by Crippen LogP contribution is 2.33. The molecule has 1 N–H and O–H groups in total. The summed E-state index contributed by atoms with van der Waals surface area (Å²) in [4.78, 5) is 0. The Morgan fingerprint density at radius 3 is 2.15 bits per heavy atom. The summed E-state index contributed by atoms with van der Waals surface area (Å²) < 4.78 is 60.1. The zero-order valence-corrected chi connectivity index (χ0v) is 14.8. The van der Waals surface area contributed by atoms with Crippen LogP contribution in [0, 0.1) is 11.7 Å². The summed E-state index contributed by atoms with van der Waals surface area (Å²) in [5, 5.41) is 3.13. The maximum atomic E-state index is 13.7. The molecular formula is C17H15Cl2F4NO2. The lowest BCUT2D eigenvalue weighted by atomic mass is 9.90. The first-order chi connectivity index (χ1) is 11.8. The lowest BCUT2D eigenvalue weighted by Gasteiger charge is -2.35. The zero-order chi connectivity index (χ0) is 18.0. The quantitative estimate of drug-likeness (QED) is 0.691. The van der Waals surface area contributed by atoms with Crippen molar-refractivity contribution in [1.82, 2.24) is 5.32 Å². The molecule has 1 saturated heterocycles. The molecule has 0 amide bonds. The number of nitrogens with one attached hydrogen (secondary N) is 1. The van der Waals surface area contributed by atoms with Crippen molar-refractivity contribution in [2.45, 2.75) is 12.5 Å². The Hall–Kier alpha value is -1.70. The molecule has 26 heavy (non-hydrogen) atoms. The van der Waals surface area contributed by atoms with E-state index in [1.165, 1.54) is 36.4 Å². The molecule has 2 aromatic carbocycles. The predicted molar refractivity (Wildman–Crippen MR) is 91.5 cm³/mol. The number of benzene rings is 2. The maximum Gasteiger partial charge on any atom is 0.573 e. The standard InChI is InChI=1S/C17H14ClF4NO2.ClH/c18-14-6-1-10(7-15(14)19)16(11-8-23-9-11)24-12-2-4-13(5-3-12)25-17(20,21)22;/h1-7,11,16,23H,8-9H2;1H. The van der Waals surface area contributed by atoms with E-state index in [-0.39, 0.29) is 29.1 Å². The lowest BCUT2D eigenvalue weighted by molar-refractivity contribution is -0.274. The Balaban J connectivity index is 0.00000243. The van der Waals surface area contributed by atoms with E-state index < -0.39 is 18.3 Å². The minimum atomic E-state index is -4.75. The first kappa shape index (κ1) is 20.6. The molecule has 0 aliphatic carbocycles. The van der Waals surface area contributed by atoms with E-state index in [2.05, 4.69) is 10.1 Å². The number of hydrogen-bond donors (Lipinski definition) is 1. The molecule has 1 aliphatic rings. The van der Waals surface area contributed by atoms with Crippen LogP contribution >= 0.6 is 24.0 Å². The Morgan fingerprint density at radius 2 is 1.65 bits per heavy atom. The molecule has 1 aliphatic heterocycles. The summed E-state index contributed by atoms with van der Waals surface area (Å²) in [6.07, 6.45) is -5.19. The topological polar surface area (TPSA) is 30.5 Å². The van der Waals surface area contributed by atoms with Gasteiger partial charge < -0.3 is 14.8 Å². The minimum absolute atomic E-state index is 0. The van der Waals surface area contributed by atoms with Crippen LogP contribution in [0.2, 0.25) is 5.02 Å². The van der Waals surface area contributed by atoms with Crippen LogP contribution in [0.4, 0.5) is 17.6 Å². The van der Waals surface area contributed by atoms with Gasteiger partial charge in [-0.2, -0.15) is 0 Å². The van der Waals surface area contributed by atoms with E-state index in [0.29, 0.717) is 24.4 Å². The number of halogens is 6. The van der Waals surface area contributed by atoms with Crippen molar-refractivity contribution in [3.63, 3.8) is 0 Å². The van der Waals surface area contributed by atoms with Crippen molar-refractivity contribution in [2.24, 2.45) is 5.92 Å². The fraction of sp³-hybridized carbons (Fsp3) is 0.294. The van der Waals surface area contributed by atoms with E-state index in [0.717, 1.165) is 0 Å². The second-order valence-electron chi connectivity index (χ2n) is 5.65. The van der Waals surface area contributed by atoms with Crippen LogP contribution in [0.5, 0.6) is 11.5 Å². The van der Waals surface area contributed by atoms with Crippen LogP contribution in [-0.2, 0) is 0 Å². The van der Waals surface area contributed by atoms with Crippen molar-refractivity contribution in [2.75, 3.05) is 13.1 Å². The molecule has 0 aromatic heterocycles. The Morgan fingerprint density at radius 1 is 1.04 bits per heavy atom. The summed E-state index contributed by atoms with van der Waals surface area (Å²) in [7, 11) is 0. The van der Waals surface area contributed by atoms with Gasteiger partial charge in [0.1, 0.15) is 23.4 Å². The van der Waals surface area contributed by atoms with Gasteiger partial charge in [0, 0.05) is 19.0 Å². The third-order valence-electron chi connectivity index (χ3n) is 3.83. The van der Waals surface area contributed by atoms with Gasteiger partial charge in [-0.25, -0.2) is 4.39 Å². The predicted octanol–water partition coefficient (Wildman–Crippen LogP) is 5.14. The third kappa shape index (κ3) is 5.16. The fourth-order valence-corrected chi connectivity index (χ4v) is 2.63. The molecule has 9 heteroatoms. The Labute approximate surface area is 158 Å². The molecule has 0 spiro atoms. The van der Waals surface area contributed by atoms with Crippen molar-refractivity contribution >= 4 is 24.0 Å². The molecule has 2 aromatic rings. The molecule has 142 valence electrons. The number of rotatable bonds is 5. The number of alkyl halides is 3. The Bertz CT molecular complexity index is 737. The van der Waals surface area contributed by atoms with Crippen LogP contribution in [0.3, 0.4) is 0 Å². The molecule has 0 saturated carbocycles. The monoisotopic (exact) mass is 411 g/mol. The number of hydrogen-bond acceptors (Lipinski definition) is 3. The van der Waals surface area contributed by atoms with Gasteiger partial charge in [0.2, 0.25) is 0 Å². The van der Waals surface area contributed by atoms with Crippen molar-refractivity contribution < 1.29 is 27.0 Å². The minimum Gasteiger partial charge on any atom is -0.485 e. The molecule has 3 nitrogen and oxygen atoms in total. The first-order valence-corrected chi connectivity index (χ1v) is 7.88. The van der Waals surface area contributed by atoms with Crippen molar-refractivity contribution in [1.29, 1.82) is 0 Å².